The van der Waals surface area contributed by atoms with Crippen LogP contribution in [0.15, 0.2) is 53.7 Å². The molecule has 0 saturated heterocycles. The van der Waals surface area contributed by atoms with Gasteiger partial charge >= 0.3 is 0 Å². The van der Waals surface area contributed by atoms with Crippen molar-refractivity contribution in [2.45, 2.75) is 20.3 Å². The first-order valence-electron chi connectivity index (χ1n) is 9.89. The van der Waals surface area contributed by atoms with Gasteiger partial charge in [-0.2, -0.15) is 5.10 Å². The summed E-state index contributed by atoms with van der Waals surface area (Å²) in [7, 11) is 0. The minimum atomic E-state index is -0.274. The summed E-state index contributed by atoms with van der Waals surface area (Å²) < 4.78 is 0. The van der Waals surface area contributed by atoms with Gasteiger partial charge in [-0.05, 0) is 50.2 Å². The second-order valence-corrected chi connectivity index (χ2v) is 6.89. The van der Waals surface area contributed by atoms with E-state index in [1.807, 2.05) is 31.2 Å². The zero-order valence-electron chi connectivity index (χ0n) is 16.9. The van der Waals surface area contributed by atoms with E-state index in [9.17, 15) is 4.79 Å². The SMILES string of the molecule is CCNCCc1c(C)[nH]c(/C=C2/C(=O)NN=C2c2cnccn2)c1-c1ccccn1. The highest BCUT2D eigenvalue weighted by molar-refractivity contribution is 6.32. The van der Waals surface area contributed by atoms with Crippen LogP contribution >= 0.6 is 0 Å². The van der Waals surface area contributed by atoms with Crippen molar-refractivity contribution >= 4 is 17.7 Å². The van der Waals surface area contributed by atoms with Crippen LogP contribution in [0.1, 0.15) is 29.6 Å². The highest BCUT2D eigenvalue weighted by atomic mass is 16.2. The van der Waals surface area contributed by atoms with E-state index in [2.05, 4.69) is 42.7 Å². The topological polar surface area (TPSA) is 108 Å². The van der Waals surface area contributed by atoms with Crippen LogP contribution in [-0.4, -0.2) is 44.6 Å². The van der Waals surface area contributed by atoms with Crippen molar-refractivity contribution in [1.82, 2.24) is 30.7 Å². The van der Waals surface area contributed by atoms with Crippen molar-refractivity contribution in [2.75, 3.05) is 13.1 Å². The summed E-state index contributed by atoms with van der Waals surface area (Å²) in [6, 6.07) is 5.83. The van der Waals surface area contributed by atoms with Gasteiger partial charge in [0, 0.05) is 35.5 Å². The highest BCUT2D eigenvalue weighted by Gasteiger charge is 2.27. The van der Waals surface area contributed by atoms with Crippen LogP contribution in [0.25, 0.3) is 17.3 Å². The largest absolute Gasteiger partial charge is 0.358 e. The molecule has 1 aliphatic rings. The molecule has 8 nitrogen and oxygen atoms in total. The van der Waals surface area contributed by atoms with Crippen molar-refractivity contribution < 1.29 is 4.79 Å². The summed E-state index contributed by atoms with van der Waals surface area (Å²) >= 11 is 0. The van der Waals surface area contributed by atoms with Gasteiger partial charge in [-0.15, -0.1) is 0 Å². The number of nitrogens with zero attached hydrogens (tertiary/aromatic N) is 4. The summed E-state index contributed by atoms with van der Waals surface area (Å²) in [5.74, 6) is -0.274. The fraction of sp³-hybridized carbons (Fsp3) is 0.227. The molecule has 0 unspecified atom stereocenters. The molecule has 0 aliphatic carbocycles. The summed E-state index contributed by atoms with van der Waals surface area (Å²) in [4.78, 5) is 28.9. The fourth-order valence-corrected chi connectivity index (χ4v) is 3.53. The molecule has 30 heavy (non-hydrogen) atoms. The number of amides is 1. The van der Waals surface area contributed by atoms with Crippen LogP contribution in [0.2, 0.25) is 0 Å². The normalized spacial score (nSPS) is 14.8. The fourth-order valence-electron chi connectivity index (χ4n) is 3.53. The second-order valence-electron chi connectivity index (χ2n) is 6.89. The average molecular weight is 401 g/mol. The van der Waals surface area contributed by atoms with Crippen LogP contribution in [0.3, 0.4) is 0 Å². The molecular weight excluding hydrogens is 378 g/mol. The number of nitrogens with one attached hydrogen (secondary N) is 3. The number of aromatic nitrogens is 4. The quantitative estimate of drug-likeness (QED) is 0.416. The van der Waals surface area contributed by atoms with Gasteiger partial charge in [-0.1, -0.05) is 13.0 Å². The lowest BCUT2D eigenvalue weighted by molar-refractivity contribution is -0.116. The minimum absolute atomic E-state index is 0.274. The van der Waals surface area contributed by atoms with Gasteiger partial charge in [-0.25, -0.2) is 5.43 Å². The Balaban J connectivity index is 1.81. The van der Waals surface area contributed by atoms with Gasteiger partial charge in [0.05, 0.1) is 17.5 Å². The van der Waals surface area contributed by atoms with E-state index in [4.69, 9.17) is 0 Å². The van der Waals surface area contributed by atoms with Crippen LogP contribution in [0.5, 0.6) is 0 Å². The van der Waals surface area contributed by atoms with E-state index in [0.29, 0.717) is 17.0 Å². The molecule has 1 aliphatic heterocycles. The maximum absolute atomic E-state index is 12.5. The Labute approximate surface area is 174 Å². The van der Waals surface area contributed by atoms with Gasteiger partial charge < -0.3 is 10.3 Å². The molecule has 0 fully saturated rings. The molecule has 3 N–H and O–H groups in total. The molecule has 4 rings (SSSR count). The molecule has 0 aromatic carbocycles. The first-order chi connectivity index (χ1) is 14.7. The summed E-state index contributed by atoms with van der Waals surface area (Å²) in [5.41, 5.74) is 8.89. The molecule has 4 heterocycles. The molecule has 1 amide bonds. The van der Waals surface area contributed by atoms with E-state index < -0.39 is 0 Å². The maximum Gasteiger partial charge on any atom is 0.273 e. The van der Waals surface area contributed by atoms with Crippen molar-refractivity contribution in [3.63, 3.8) is 0 Å². The van der Waals surface area contributed by atoms with Gasteiger partial charge in [0.15, 0.2) is 0 Å². The number of hydrogen-bond acceptors (Lipinski definition) is 6. The maximum atomic E-state index is 12.5. The number of carbonyl (C=O) groups excluding carboxylic acids is 1. The Kier molecular flexibility index (Phi) is 5.76. The van der Waals surface area contributed by atoms with E-state index in [1.54, 1.807) is 24.8 Å². The van der Waals surface area contributed by atoms with Crippen LogP contribution < -0.4 is 10.7 Å². The third-order valence-corrected chi connectivity index (χ3v) is 4.93. The molecular formula is C22H23N7O. The Morgan fingerprint density at radius 3 is 2.73 bits per heavy atom. The lowest BCUT2D eigenvalue weighted by atomic mass is 9.99. The number of H-pyrrole nitrogens is 1. The number of likely N-dealkylation sites (N-methyl/N-ethyl adjacent to an activating group) is 1. The number of pyridine rings is 1. The van der Waals surface area contributed by atoms with E-state index in [1.165, 1.54) is 5.56 Å². The van der Waals surface area contributed by atoms with Gasteiger partial charge in [0.1, 0.15) is 11.4 Å². The monoisotopic (exact) mass is 401 g/mol. The van der Waals surface area contributed by atoms with E-state index >= 15 is 0 Å². The van der Waals surface area contributed by atoms with Crippen LogP contribution in [-0.2, 0) is 11.2 Å². The smallest absolute Gasteiger partial charge is 0.273 e. The predicted octanol–water partition coefficient (Wildman–Crippen LogP) is 2.24. The standard InChI is InChI=1S/C22H23N7O/c1-3-23-9-7-15-14(2)27-18(20(15)17-6-4-5-8-25-17)12-16-21(28-29-22(16)30)19-13-24-10-11-26-19/h4-6,8,10-13,23,27H,3,7,9H2,1-2H3,(H,29,30)/b16-12+. The van der Waals surface area contributed by atoms with Crippen molar-refractivity contribution in [3.05, 3.63) is 71.2 Å². The van der Waals surface area contributed by atoms with E-state index in [0.717, 1.165) is 42.2 Å². The highest BCUT2D eigenvalue weighted by Crippen LogP contribution is 2.31. The number of hydrazone groups is 1. The average Bonchev–Trinajstić information content (AvgIpc) is 3.29. The lowest BCUT2D eigenvalue weighted by Gasteiger charge is -2.07. The summed E-state index contributed by atoms with van der Waals surface area (Å²) in [6.07, 6.45) is 9.20. The number of aromatic amines is 1. The Hall–Kier alpha value is -3.65. The zero-order valence-corrected chi connectivity index (χ0v) is 16.9. The third kappa shape index (κ3) is 3.90. The predicted molar refractivity (Wildman–Crippen MR) is 116 cm³/mol. The molecule has 0 saturated carbocycles. The molecule has 0 atom stereocenters. The molecule has 0 radical (unpaired) electrons. The number of hydrogen-bond donors (Lipinski definition) is 3. The van der Waals surface area contributed by atoms with Crippen molar-refractivity contribution in [1.29, 1.82) is 0 Å². The minimum Gasteiger partial charge on any atom is -0.358 e. The van der Waals surface area contributed by atoms with Gasteiger partial charge in [0.2, 0.25) is 0 Å². The summed E-state index contributed by atoms with van der Waals surface area (Å²) in [5, 5.41) is 7.54. The van der Waals surface area contributed by atoms with Crippen LogP contribution in [0, 0.1) is 6.92 Å². The Morgan fingerprint density at radius 1 is 1.13 bits per heavy atom. The molecule has 3 aromatic rings. The zero-order chi connectivity index (χ0) is 20.9. The Bertz CT molecular complexity index is 1100. The third-order valence-electron chi connectivity index (χ3n) is 4.93. The molecule has 0 spiro atoms. The number of carbonyl (C=O) groups is 1. The molecule has 152 valence electrons. The molecule has 0 bridgehead atoms. The molecule has 3 aromatic heterocycles. The van der Waals surface area contributed by atoms with Gasteiger partial charge in [-0.3, -0.25) is 19.7 Å². The van der Waals surface area contributed by atoms with Gasteiger partial charge in [0.25, 0.3) is 5.91 Å². The van der Waals surface area contributed by atoms with Crippen molar-refractivity contribution in [2.24, 2.45) is 5.10 Å². The first-order valence-corrected chi connectivity index (χ1v) is 9.89. The van der Waals surface area contributed by atoms with Crippen molar-refractivity contribution in [3.8, 4) is 11.3 Å². The summed E-state index contributed by atoms with van der Waals surface area (Å²) in [6.45, 7) is 5.91. The number of rotatable bonds is 7. The van der Waals surface area contributed by atoms with Crippen LogP contribution in [0.4, 0.5) is 0 Å². The second kappa shape index (κ2) is 8.79. The lowest BCUT2D eigenvalue weighted by Crippen LogP contribution is -2.16. The molecule has 8 heteroatoms. The Morgan fingerprint density at radius 2 is 2.00 bits per heavy atom. The number of aryl methyl sites for hydroxylation is 1. The first kappa shape index (κ1) is 19.7. The van der Waals surface area contributed by atoms with E-state index in [-0.39, 0.29) is 5.91 Å².